The van der Waals surface area contributed by atoms with Gasteiger partial charge in [-0.2, -0.15) is 0 Å². The van der Waals surface area contributed by atoms with Crippen molar-refractivity contribution in [3.05, 3.63) is 79.6 Å². The molecule has 1 aromatic heterocycles. The molecule has 0 fully saturated rings. The lowest BCUT2D eigenvalue weighted by molar-refractivity contribution is 0.0695. The molecule has 0 radical (unpaired) electrons. The second kappa shape index (κ2) is 9.45. The van der Waals surface area contributed by atoms with E-state index >= 15 is 0 Å². The normalized spacial score (nSPS) is 10.7. The second-order valence-electron chi connectivity index (χ2n) is 6.77. The first-order chi connectivity index (χ1) is 14.8. The van der Waals surface area contributed by atoms with Crippen LogP contribution < -0.4 is 14.9 Å². The largest absolute Gasteiger partial charge is 0.493 e. The lowest BCUT2D eigenvalue weighted by Gasteiger charge is -2.20. The molecule has 0 saturated carbocycles. The Labute approximate surface area is 189 Å². The van der Waals surface area contributed by atoms with Crippen LogP contribution in [0.1, 0.15) is 28.5 Å². The zero-order valence-corrected chi connectivity index (χ0v) is 18.8. The third-order valence-corrected chi connectivity index (χ3v) is 5.69. The average molecular weight is 462 g/mol. The predicted octanol–water partition coefficient (Wildman–Crippen LogP) is 5.15. The van der Waals surface area contributed by atoms with Crippen molar-refractivity contribution in [3.8, 4) is 22.8 Å². The number of hydrogen-bond donors (Lipinski definition) is 1. The van der Waals surface area contributed by atoms with Crippen LogP contribution in [0.4, 0.5) is 0 Å². The Balaban J connectivity index is 2.23. The van der Waals surface area contributed by atoms with Crippen LogP contribution in [0, 0.1) is 0 Å². The van der Waals surface area contributed by atoms with Gasteiger partial charge in [-0.15, -0.1) is 0 Å². The first kappa shape index (κ1) is 22.7. The van der Waals surface area contributed by atoms with E-state index in [1.807, 2.05) is 19.1 Å². The zero-order valence-electron chi connectivity index (χ0n) is 17.2. The molecule has 0 bridgehead atoms. The van der Waals surface area contributed by atoms with Gasteiger partial charge in [0.15, 0.2) is 16.9 Å². The number of halogens is 2. The number of pyridine rings is 1. The summed E-state index contributed by atoms with van der Waals surface area (Å²) < 4.78 is 12.4. The van der Waals surface area contributed by atoms with E-state index in [4.69, 9.17) is 32.7 Å². The third-order valence-electron chi connectivity index (χ3n) is 4.95. The summed E-state index contributed by atoms with van der Waals surface area (Å²) in [5, 5.41) is 10.4. The molecule has 0 unspecified atom stereocenters. The Hall–Kier alpha value is -2.96. The Morgan fingerprint density at radius 1 is 1.00 bits per heavy atom. The van der Waals surface area contributed by atoms with Crippen LogP contribution in [0.5, 0.6) is 11.5 Å². The first-order valence-electron chi connectivity index (χ1n) is 9.47. The van der Waals surface area contributed by atoms with Gasteiger partial charge < -0.3 is 19.1 Å². The van der Waals surface area contributed by atoms with Crippen LogP contribution in [0.15, 0.2) is 47.3 Å². The molecule has 1 N–H and O–H groups in total. The highest BCUT2D eigenvalue weighted by Gasteiger charge is 2.22. The summed E-state index contributed by atoms with van der Waals surface area (Å²) in [6.45, 7) is 2.33. The molecule has 3 aromatic rings. The molecule has 0 spiro atoms. The number of rotatable bonds is 7. The van der Waals surface area contributed by atoms with Crippen molar-refractivity contribution in [1.82, 2.24) is 4.57 Å². The number of aromatic carboxylic acids is 1. The van der Waals surface area contributed by atoms with Crippen molar-refractivity contribution in [2.45, 2.75) is 19.9 Å². The van der Waals surface area contributed by atoms with Gasteiger partial charge in [0.1, 0.15) is 5.56 Å². The van der Waals surface area contributed by atoms with E-state index in [1.54, 1.807) is 43.1 Å². The van der Waals surface area contributed by atoms with Gasteiger partial charge in [0.05, 0.1) is 30.0 Å². The van der Waals surface area contributed by atoms with Crippen molar-refractivity contribution >= 4 is 29.2 Å². The molecule has 0 amide bonds. The maximum atomic E-state index is 12.8. The highest BCUT2D eigenvalue weighted by molar-refractivity contribution is 6.42. The molecule has 2 aromatic carbocycles. The van der Waals surface area contributed by atoms with Gasteiger partial charge in [-0.05, 0) is 36.8 Å². The zero-order chi connectivity index (χ0) is 22.7. The van der Waals surface area contributed by atoms with Crippen molar-refractivity contribution in [1.29, 1.82) is 0 Å². The van der Waals surface area contributed by atoms with Crippen LogP contribution >= 0.6 is 23.2 Å². The van der Waals surface area contributed by atoms with Gasteiger partial charge in [0.25, 0.3) is 0 Å². The summed E-state index contributed by atoms with van der Waals surface area (Å²) in [5.74, 6) is -0.139. The summed E-state index contributed by atoms with van der Waals surface area (Å²) in [7, 11) is 3.11. The first-order valence-corrected chi connectivity index (χ1v) is 10.2. The monoisotopic (exact) mass is 461 g/mol. The minimum Gasteiger partial charge on any atom is -0.493 e. The van der Waals surface area contributed by atoms with Gasteiger partial charge in [0, 0.05) is 30.3 Å². The van der Waals surface area contributed by atoms with Gasteiger partial charge in [-0.1, -0.05) is 35.3 Å². The van der Waals surface area contributed by atoms with E-state index in [1.165, 1.54) is 6.07 Å². The number of ether oxygens (including phenoxy) is 2. The molecule has 162 valence electrons. The highest BCUT2D eigenvalue weighted by atomic mass is 35.5. The smallest absolute Gasteiger partial charge is 0.341 e. The van der Waals surface area contributed by atoms with Gasteiger partial charge >= 0.3 is 5.97 Å². The lowest BCUT2D eigenvalue weighted by atomic mass is 10.0. The van der Waals surface area contributed by atoms with Crippen LogP contribution in [-0.2, 0) is 13.0 Å². The lowest BCUT2D eigenvalue weighted by Crippen LogP contribution is -2.23. The van der Waals surface area contributed by atoms with Crippen molar-refractivity contribution in [3.63, 3.8) is 0 Å². The molecular formula is C23H21Cl2NO5. The Morgan fingerprint density at radius 2 is 1.71 bits per heavy atom. The average Bonchev–Trinajstić information content (AvgIpc) is 2.74. The standard InChI is InChI=1S/C23H21Cl2NO5/c1-4-26-15(9-13-5-8-19(30-2)20(10-13)31-3)12-18(27)21(23(28)29)22(26)14-6-7-16(24)17(25)11-14/h5-8,10-12H,4,9H2,1-3H3,(H,28,29). The molecule has 0 aliphatic rings. The fourth-order valence-electron chi connectivity index (χ4n) is 3.55. The van der Waals surface area contributed by atoms with E-state index in [9.17, 15) is 14.7 Å². The number of carboxylic acids is 1. The van der Waals surface area contributed by atoms with E-state index in [-0.39, 0.29) is 16.3 Å². The van der Waals surface area contributed by atoms with E-state index in [0.29, 0.717) is 40.7 Å². The number of nitrogens with zero attached hydrogens (tertiary/aromatic N) is 1. The fourth-order valence-corrected chi connectivity index (χ4v) is 3.85. The third kappa shape index (κ3) is 4.55. The fraction of sp³-hybridized carbons (Fsp3) is 0.217. The van der Waals surface area contributed by atoms with Crippen LogP contribution in [-0.4, -0.2) is 29.9 Å². The molecule has 0 aliphatic carbocycles. The van der Waals surface area contributed by atoms with Gasteiger partial charge in [-0.3, -0.25) is 4.79 Å². The highest BCUT2D eigenvalue weighted by Crippen LogP contribution is 2.32. The Bertz CT molecular complexity index is 1200. The summed E-state index contributed by atoms with van der Waals surface area (Å²) in [4.78, 5) is 24.8. The van der Waals surface area contributed by atoms with Gasteiger partial charge in [-0.25, -0.2) is 4.79 Å². The number of hydrogen-bond acceptors (Lipinski definition) is 4. The molecule has 8 heteroatoms. The van der Waals surface area contributed by atoms with Gasteiger partial charge in [0.2, 0.25) is 0 Å². The number of methoxy groups -OCH3 is 2. The summed E-state index contributed by atoms with van der Waals surface area (Å²) >= 11 is 12.2. The summed E-state index contributed by atoms with van der Waals surface area (Å²) in [6.07, 6.45) is 0.387. The second-order valence-corrected chi connectivity index (χ2v) is 7.58. The van der Waals surface area contributed by atoms with Crippen molar-refractivity contribution in [2.75, 3.05) is 14.2 Å². The molecule has 6 nitrogen and oxygen atoms in total. The van der Waals surface area contributed by atoms with Crippen LogP contribution in [0.3, 0.4) is 0 Å². The minimum absolute atomic E-state index is 0.274. The molecule has 0 atom stereocenters. The van der Waals surface area contributed by atoms with Crippen molar-refractivity contribution in [2.24, 2.45) is 0 Å². The van der Waals surface area contributed by atoms with E-state index in [0.717, 1.165) is 5.56 Å². The van der Waals surface area contributed by atoms with Crippen LogP contribution in [0.2, 0.25) is 10.0 Å². The summed E-state index contributed by atoms with van der Waals surface area (Å²) in [6, 6.07) is 11.7. The Kier molecular flexibility index (Phi) is 6.93. The number of benzene rings is 2. The quantitative estimate of drug-likeness (QED) is 0.526. The maximum Gasteiger partial charge on any atom is 0.341 e. The van der Waals surface area contributed by atoms with E-state index < -0.39 is 11.4 Å². The molecule has 3 rings (SSSR count). The molecule has 0 saturated heterocycles. The maximum absolute atomic E-state index is 12.8. The molecular weight excluding hydrogens is 441 g/mol. The van der Waals surface area contributed by atoms with E-state index in [2.05, 4.69) is 0 Å². The minimum atomic E-state index is -1.30. The molecule has 31 heavy (non-hydrogen) atoms. The molecule has 0 aliphatic heterocycles. The SMILES string of the molecule is CCn1c(Cc2ccc(OC)c(OC)c2)cc(=O)c(C(=O)O)c1-c1ccc(Cl)c(Cl)c1. The summed E-state index contributed by atoms with van der Waals surface area (Å²) in [5.41, 5.74) is 1.44. The number of carboxylic acid groups (broad SMARTS) is 1. The van der Waals surface area contributed by atoms with Crippen molar-refractivity contribution < 1.29 is 19.4 Å². The topological polar surface area (TPSA) is 77.8 Å². The van der Waals surface area contributed by atoms with Crippen LogP contribution in [0.25, 0.3) is 11.3 Å². The molecule has 1 heterocycles. The Morgan fingerprint density at radius 3 is 2.29 bits per heavy atom. The number of aromatic nitrogens is 1. The number of carbonyl (C=O) groups is 1. The predicted molar refractivity (Wildman–Crippen MR) is 121 cm³/mol.